The van der Waals surface area contributed by atoms with Crippen LogP contribution in [-0.2, 0) is 4.79 Å². The van der Waals surface area contributed by atoms with Crippen LogP contribution in [0.2, 0.25) is 0 Å². The number of aromatic nitrogens is 2. The van der Waals surface area contributed by atoms with E-state index in [9.17, 15) is 10.1 Å². The van der Waals surface area contributed by atoms with E-state index in [1.54, 1.807) is 6.08 Å². The van der Waals surface area contributed by atoms with Crippen LogP contribution in [0.4, 0.5) is 0 Å². The van der Waals surface area contributed by atoms with E-state index in [0.717, 1.165) is 52.1 Å². The molecule has 172 valence electrons. The van der Waals surface area contributed by atoms with Crippen LogP contribution in [0.1, 0.15) is 52.6 Å². The molecular formula is C30H25N3O2. The highest BCUT2D eigenvalue weighted by molar-refractivity contribution is 6.02. The van der Waals surface area contributed by atoms with Crippen molar-refractivity contribution in [3.05, 3.63) is 106 Å². The molecule has 5 nitrogen and oxygen atoms in total. The molecule has 0 saturated heterocycles. The van der Waals surface area contributed by atoms with Gasteiger partial charge in [-0.15, -0.1) is 0 Å². The first kappa shape index (κ1) is 22.4. The van der Waals surface area contributed by atoms with Gasteiger partial charge in [-0.1, -0.05) is 42.8 Å². The average molecular weight is 460 g/mol. The number of aliphatic carboxylic acids is 1. The zero-order chi connectivity index (χ0) is 24.4. The summed E-state index contributed by atoms with van der Waals surface area (Å²) >= 11 is 0. The molecule has 0 spiro atoms. The summed E-state index contributed by atoms with van der Waals surface area (Å²) in [5.74, 6) is -0.532. The minimum atomic E-state index is -0.966. The molecule has 0 atom stereocenters. The lowest BCUT2D eigenvalue weighted by Crippen LogP contribution is -2.16. The number of carbonyl (C=O) groups is 1. The number of fused-ring (bicyclic) bond motifs is 1. The van der Waals surface area contributed by atoms with E-state index in [0.29, 0.717) is 11.5 Å². The molecule has 1 saturated carbocycles. The van der Waals surface area contributed by atoms with Gasteiger partial charge in [0.05, 0.1) is 23.3 Å². The Morgan fingerprint density at radius 2 is 1.86 bits per heavy atom. The Hall–Kier alpha value is -4.43. The molecule has 2 N–H and O–H groups in total. The van der Waals surface area contributed by atoms with E-state index in [1.165, 1.54) is 23.1 Å². The number of H-pyrrole nitrogens is 1. The average Bonchev–Trinajstić information content (AvgIpc) is 3.30. The summed E-state index contributed by atoms with van der Waals surface area (Å²) in [6, 6.07) is 22.6. The largest absolute Gasteiger partial charge is 0.478 e. The number of rotatable bonds is 6. The van der Waals surface area contributed by atoms with Crippen LogP contribution in [0, 0.1) is 24.2 Å². The van der Waals surface area contributed by atoms with Crippen LogP contribution in [0.3, 0.4) is 0 Å². The predicted molar refractivity (Wildman–Crippen MR) is 138 cm³/mol. The number of aromatic amines is 1. The lowest BCUT2D eigenvalue weighted by Gasteiger charge is -2.32. The van der Waals surface area contributed by atoms with Crippen molar-refractivity contribution in [3.8, 4) is 6.07 Å². The maximum Gasteiger partial charge on any atom is 0.328 e. The highest BCUT2D eigenvalue weighted by Gasteiger charge is 2.28. The predicted octanol–water partition coefficient (Wildman–Crippen LogP) is 6.60. The van der Waals surface area contributed by atoms with Crippen LogP contribution in [0.5, 0.6) is 0 Å². The molecule has 0 amide bonds. The van der Waals surface area contributed by atoms with Gasteiger partial charge in [-0.2, -0.15) is 10.4 Å². The summed E-state index contributed by atoms with van der Waals surface area (Å²) in [5, 5.41) is 26.6. The molecule has 0 bridgehead atoms. The Morgan fingerprint density at radius 3 is 2.51 bits per heavy atom. The third-order valence-electron chi connectivity index (χ3n) is 6.78. The number of nitriles is 1. The number of aryl methyl sites for hydroxylation is 1. The van der Waals surface area contributed by atoms with Crippen molar-refractivity contribution in [2.45, 2.75) is 26.2 Å². The summed E-state index contributed by atoms with van der Waals surface area (Å²) in [4.78, 5) is 10.9. The van der Waals surface area contributed by atoms with Crippen LogP contribution >= 0.6 is 0 Å². The number of nitrogens with one attached hydrogen (secondary N) is 1. The zero-order valence-corrected chi connectivity index (χ0v) is 19.5. The molecule has 1 fully saturated rings. The van der Waals surface area contributed by atoms with E-state index in [-0.39, 0.29) is 0 Å². The number of nitrogens with zero attached hydrogens (tertiary/aromatic N) is 2. The molecule has 1 aliphatic rings. The Balaban J connectivity index is 1.75. The van der Waals surface area contributed by atoms with Crippen molar-refractivity contribution in [1.82, 2.24) is 10.2 Å². The Bertz CT molecular complexity index is 1510. The summed E-state index contributed by atoms with van der Waals surface area (Å²) in [7, 11) is 0. The van der Waals surface area contributed by atoms with Gasteiger partial charge < -0.3 is 5.11 Å². The van der Waals surface area contributed by atoms with Crippen molar-refractivity contribution in [2.75, 3.05) is 0 Å². The molecular weight excluding hydrogens is 434 g/mol. The fourth-order valence-electron chi connectivity index (χ4n) is 4.80. The summed E-state index contributed by atoms with van der Waals surface area (Å²) in [5.41, 5.74) is 9.40. The van der Waals surface area contributed by atoms with Crippen molar-refractivity contribution in [1.29, 1.82) is 5.26 Å². The van der Waals surface area contributed by atoms with Crippen LogP contribution in [-0.4, -0.2) is 21.3 Å². The van der Waals surface area contributed by atoms with Crippen molar-refractivity contribution >= 4 is 34.1 Å². The molecule has 4 aromatic rings. The fraction of sp³-hybridized carbons (Fsp3) is 0.167. The number of benzene rings is 3. The second-order valence-electron chi connectivity index (χ2n) is 9.02. The van der Waals surface area contributed by atoms with Crippen LogP contribution in [0.15, 0.2) is 72.9 Å². The smallest absolute Gasteiger partial charge is 0.328 e. The third kappa shape index (κ3) is 4.51. The van der Waals surface area contributed by atoms with E-state index in [1.807, 2.05) is 30.5 Å². The molecule has 35 heavy (non-hydrogen) atoms. The van der Waals surface area contributed by atoms with Crippen LogP contribution < -0.4 is 0 Å². The first-order valence-electron chi connectivity index (χ1n) is 11.7. The standard InChI is InChI=1S/C30H25N3O2/c1-19-15-21(17-31)7-12-26(19)30(22-3-2-4-22)29(24-11-13-27-25(16-24)18-32-33-27)23-9-5-20(6-10-23)8-14-28(34)35/h5-16,18,22H,2-4H2,1H3,(H,32,33)(H,34,35). The first-order chi connectivity index (χ1) is 17.0. The Morgan fingerprint density at radius 1 is 1.09 bits per heavy atom. The van der Waals surface area contributed by atoms with Gasteiger partial charge in [0.25, 0.3) is 0 Å². The molecule has 1 heterocycles. The maximum absolute atomic E-state index is 10.9. The van der Waals surface area contributed by atoms with Gasteiger partial charge in [0.1, 0.15) is 0 Å². The molecule has 3 aromatic carbocycles. The highest BCUT2D eigenvalue weighted by Crippen LogP contribution is 2.46. The lowest BCUT2D eigenvalue weighted by molar-refractivity contribution is -0.131. The molecule has 5 rings (SSSR count). The quantitative estimate of drug-likeness (QED) is 0.251. The van der Waals surface area contributed by atoms with E-state index >= 15 is 0 Å². The number of carboxylic acid groups (broad SMARTS) is 1. The molecule has 0 radical (unpaired) electrons. The van der Waals surface area contributed by atoms with E-state index < -0.39 is 5.97 Å². The SMILES string of the molecule is Cc1cc(C#N)ccc1C(=C(c1ccc(C=CC(=O)O)cc1)c1ccc2[nH]ncc2c1)C1CCC1. The van der Waals surface area contributed by atoms with Gasteiger partial charge in [0, 0.05) is 11.5 Å². The number of hydrogen-bond acceptors (Lipinski definition) is 3. The third-order valence-corrected chi connectivity index (χ3v) is 6.78. The van der Waals surface area contributed by atoms with E-state index in [2.05, 4.69) is 59.6 Å². The number of hydrogen-bond donors (Lipinski definition) is 2. The number of carboxylic acids is 1. The molecule has 1 aromatic heterocycles. The summed E-state index contributed by atoms with van der Waals surface area (Å²) < 4.78 is 0. The van der Waals surface area contributed by atoms with Gasteiger partial charge in [-0.3, -0.25) is 5.10 Å². The van der Waals surface area contributed by atoms with Crippen molar-refractivity contribution in [3.63, 3.8) is 0 Å². The molecule has 1 aliphatic carbocycles. The summed E-state index contributed by atoms with van der Waals surface area (Å²) in [6.45, 7) is 2.07. The van der Waals surface area contributed by atoms with Crippen molar-refractivity contribution < 1.29 is 9.90 Å². The number of allylic oxidation sites excluding steroid dienone is 1. The summed E-state index contributed by atoms with van der Waals surface area (Å²) in [6.07, 6.45) is 8.06. The lowest BCUT2D eigenvalue weighted by atomic mass is 9.72. The normalized spacial score (nSPS) is 14.5. The maximum atomic E-state index is 10.9. The zero-order valence-electron chi connectivity index (χ0n) is 19.5. The van der Waals surface area contributed by atoms with Crippen molar-refractivity contribution in [2.24, 2.45) is 5.92 Å². The first-order valence-corrected chi connectivity index (χ1v) is 11.7. The Labute approximate surface area is 204 Å². The minimum Gasteiger partial charge on any atom is -0.478 e. The Kier molecular flexibility index (Phi) is 6.03. The fourth-order valence-corrected chi connectivity index (χ4v) is 4.80. The highest BCUT2D eigenvalue weighted by atomic mass is 16.4. The van der Waals surface area contributed by atoms with Crippen LogP contribution in [0.25, 0.3) is 28.1 Å². The van der Waals surface area contributed by atoms with Gasteiger partial charge in [-0.05, 0) is 95.0 Å². The molecule has 5 heteroatoms. The van der Waals surface area contributed by atoms with E-state index in [4.69, 9.17) is 5.11 Å². The second kappa shape index (κ2) is 9.44. The van der Waals surface area contributed by atoms with Gasteiger partial charge >= 0.3 is 5.97 Å². The monoisotopic (exact) mass is 459 g/mol. The molecule has 0 unspecified atom stereocenters. The van der Waals surface area contributed by atoms with Gasteiger partial charge in [-0.25, -0.2) is 4.79 Å². The minimum absolute atomic E-state index is 0.434. The van der Waals surface area contributed by atoms with Gasteiger partial charge in [0.15, 0.2) is 0 Å². The van der Waals surface area contributed by atoms with Gasteiger partial charge in [0.2, 0.25) is 0 Å². The molecule has 0 aliphatic heterocycles. The second-order valence-corrected chi connectivity index (χ2v) is 9.02. The topological polar surface area (TPSA) is 89.8 Å².